The summed E-state index contributed by atoms with van der Waals surface area (Å²) in [5, 5.41) is 9.69. The van der Waals surface area contributed by atoms with Crippen LogP contribution in [0.2, 0.25) is 5.02 Å². The molecule has 0 aliphatic rings. The molecule has 0 aromatic heterocycles. The average Bonchev–Trinajstić information content (AvgIpc) is 2.30. The first-order valence-electron chi connectivity index (χ1n) is 5.23. The summed E-state index contributed by atoms with van der Waals surface area (Å²) < 4.78 is 0. The number of benzene rings is 1. The van der Waals surface area contributed by atoms with Crippen LogP contribution in [0.3, 0.4) is 0 Å². The Kier molecular flexibility index (Phi) is 4.01. The highest BCUT2D eigenvalue weighted by Gasteiger charge is 2.28. The third-order valence-electron chi connectivity index (χ3n) is 2.85. The van der Waals surface area contributed by atoms with Gasteiger partial charge in [-0.25, -0.2) is 0 Å². The molecule has 1 rings (SSSR count). The second-order valence-electron chi connectivity index (χ2n) is 4.57. The summed E-state index contributed by atoms with van der Waals surface area (Å²) in [6, 6.07) is 4.75. The molecule has 17 heavy (non-hydrogen) atoms. The minimum Gasteiger partial charge on any atom is -0.398 e. The first kappa shape index (κ1) is 13.8. The van der Waals surface area contributed by atoms with Gasteiger partial charge in [0.15, 0.2) is 0 Å². The minimum absolute atomic E-state index is 0.129. The van der Waals surface area contributed by atoms with Crippen molar-refractivity contribution in [2.45, 2.75) is 19.4 Å². The van der Waals surface area contributed by atoms with Gasteiger partial charge in [0.2, 0.25) is 0 Å². The molecule has 5 heteroatoms. The Morgan fingerprint density at radius 2 is 2.12 bits per heavy atom. The van der Waals surface area contributed by atoms with Gasteiger partial charge >= 0.3 is 0 Å². The monoisotopic (exact) mass is 256 g/mol. The summed E-state index contributed by atoms with van der Waals surface area (Å²) in [7, 11) is 1.62. The first-order chi connectivity index (χ1) is 7.79. The van der Waals surface area contributed by atoms with Crippen LogP contribution in [0, 0.1) is 0 Å². The Morgan fingerprint density at radius 1 is 1.53 bits per heavy atom. The maximum absolute atomic E-state index is 12.2. The van der Waals surface area contributed by atoms with Gasteiger partial charge in [-0.2, -0.15) is 0 Å². The Bertz CT molecular complexity index is 433. The van der Waals surface area contributed by atoms with E-state index in [2.05, 4.69) is 0 Å². The van der Waals surface area contributed by atoms with Gasteiger partial charge in [-0.05, 0) is 32.0 Å². The van der Waals surface area contributed by atoms with Gasteiger partial charge in [0.1, 0.15) is 0 Å². The Balaban J connectivity index is 3.08. The number of carbonyl (C=O) groups excluding carboxylic acids is 1. The predicted octanol–water partition coefficient (Wildman–Crippen LogP) is 1.77. The SMILES string of the molecule is CN(C(=O)c1cc(Cl)ccc1N)C(C)(C)CO. The van der Waals surface area contributed by atoms with Crippen molar-refractivity contribution >= 4 is 23.2 Å². The number of hydrogen-bond donors (Lipinski definition) is 2. The molecule has 4 nitrogen and oxygen atoms in total. The lowest BCUT2D eigenvalue weighted by Gasteiger charge is -2.34. The Labute approximate surface area is 106 Å². The largest absolute Gasteiger partial charge is 0.398 e. The topological polar surface area (TPSA) is 66.6 Å². The number of aliphatic hydroxyl groups is 1. The fraction of sp³-hybridized carbons (Fsp3) is 0.417. The van der Waals surface area contributed by atoms with Crippen LogP contribution < -0.4 is 5.73 Å². The van der Waals surface area contributed by atoms with E-state index in [9.17, 15) is 9.90 Å². The number of aliphatic hydroxyl groups excluding tert-OH is 1. The number of nitrogen functional groups attached to an aromatic ring is 1. The molecular weight excluding hydrogens is 240 g/mol. The van der Waals surface area contributed by atoms with Crippen LogP contribution in [0.15, 0.2) is 18.2 Å². The van der Waals surface area contributed by atoms with Crippen molar-refractivity contribution in [1.82, 2.24) is 4.90 Å². The number of rotatable bonds is 3. The number of nitrogens with two attached hydrogens (primary N) is 1. The van der Waals surface area contributed by atoms with E-state index in [0.29, 0.717) is 16.3 Å². The van der Waals surface area contributed by atoms with Gasteiger partial charge < -0.3 is 15.7 Å². The smallest absolute Gasteiger partial charge is 0.256 e. The van der Waals surface area contributed by atoms with Crippen molar-refractivity contribution in [2.24, 2.45) is 0 Å². The van der Waals surface area contributed by atoms with E-state index in [1.165, 1.54) is 11.0 Å². The summed E-state index contributed by atoms with van der Waals surface area (Å²) in [5.41, 5.74) is 5.82. The van der Waals surface area contributed by atoms with Crippen LogP contribution in [0.1, 0.15) is 24.2 Å². The summed E-state index contributed by atoms with van der Waals surface area (Å²) in [6.07, 6.45) is 0. The van der Waals surface area contributed by atoms with Crippen LogP contribution in [0.4, 0.5) is 5.69 Å². The van der Waals surface area contributed by atoms with Crippen LogP contribution >= 0.6 is 11.6 Å². The number of hydrogen-bond acceptors (Lipinski definition) is 3. The van der Waals surface area contributed by atoms with Gasteiger partial charge in [0.25, 0.3) is 5.91 Å². The van der Waals surface area contributed by atoms with E-state index in [4.69, 9.17) is 17.3 Å². The maximum atomic E-state index is 12.2. The fourth-order valence-corrected chi connectivity index (χ4v) is 1.45. The number of anilines is 1. The third kappa shape index (κ3) is 2.90. The molecule has 0 saturated carbocycles. The predicted molar refractivity (Wildman–Crippen MR) is 69.1 cm³/mol. The molecule has 0 atom stereocenters. The van der Waals surface area contributed by atoms with Crippen molar-refractivity contribution in [3.05, 3.63) is 28.8 Å². The molecule has 3 N–H and O–H groups in total. The molecule has 0 heterocycles. The zero-order chi connectivity index (χ0) is 13.2. The standard InChI is InChI=1S/C12H17ClN2O2/c1-12(2,7-16)15(3)11(17)9-6-8(13)4-5-10(9)14/h4-6,16H,7,14H2,1-3H3. The number of likely N-dealkylation sites (N-methyl/N-ethyl adjacent to an activating group) is 1. The highest BCUT2D eigenvalue weighted by Crippen LogP contribution is 2.22. The van der Waals surface area contributed by atoms with E-state index in [1.807, 2.05) is 0 Å². The number of amides is 1. The summed E-state index contributed by atoms with van der Waals surface area (Å²) in [6.45, 7) is 3.41. The van der Waals surface area contributed by atoms with Crippen LogP contribution in [0.25, 0.3) is 0 Å². The van der Waals surface area contributed by atoms with Crippen molar-refractivity contribution in [2.75, 3.05) is 19.4 Å². The van der Waals surface area contributed by atoms with Gasteiger partial charge in [0, 0.05) is 17.8 Å². The molecule has 1 aromatic rings. The lowest BCUT2D eigenvalue weighted by Crippen LogP contribution is -2.47. The van der Waals surface area contributed by atoms with E-state index in [1.54, 1.807) is 33.0 Å². The zero-order valence-corrected chi connectivity index (χ0v) is 11.0. The number of carbonyl (C=O) groups is 1. The maximum Gasteiger partial charge on any atom is 0.256 e. The third-order valence-corrected chi connectivity index (χ3v) is 3.08. The van der Waals surface area contributed by atoms with Crippen molar-refractivity contribution in [3.63, 3.8) is 0 Å². The van der Waals surface area contributed by atoms with Crippen molar-refractivity contribution in [1.29, 1.82) is 0 Å². The van der Waals surface area contributed by atoms with Gasteiger partial charge in [0.05, 0.1) is 17.7 Å². The van der Waals surface area contributed by atoms with Crippen molar-refractivity contribution < 1.29 is 9.90 Å². The molecule has 0 bridgehead atoms. The lowest BCUT2D eigenvalue weighted by molar-refractivity contribution is 0.0474. The molecule has 1 amide bonds. The van der Waals surface area contributed by atoms with Gasteiger partial charge in [-0.1, -0.05) is 11.6 Å². The molecule has 94 valence electrons. The second kappa shape index (κ2) is 4.94. The summed E-state index contributed by atoms with van der Waals surface area (Å²) >= 11 is 5.84. The fourth-order valence-electron chi connectivity index (χ4n) is 1.28. The molecule has 0 fully saturated rings. The number of halogens is 1. The van der Waals surface area contributed by atoms with E-state index >= 15 is 0 Å². The van der Waals surface area contributed by atoms with Crippen molar-refractivity contribution in [3.8, 4) is 0 Å². The molecular formula is C12H17ClN2O2. The normalized spacial score (nSPS) is 11.4. The average molecular weight is 257 g/mol. The molecule has 0 aliphatic carbocycles. The summed E-state index contributed by atoms with van der Waals surface area (Å²) in [4.78, 5) is 13.7. The van der Waals surface area contributed by atoms with Crippen LogP contribution in [-0.4, -0.2) is 35.1 Å². The first-order valence-corrected chi connectivity index (χ1v) is 5.61. The molecule has 0 unspecified atom stereocenters. The highest BCUT2D eigenvalue weighted by molar-refractivity contribution is 6.31. The van der Waals surface area contributed by atoms with Gasteiger partial charge in [-0.3, -0.25) is 4.79 Å². The molecule has 0 saturated heterocycles. The van der Waals surface area contributed by atoms with E-state index < -0.39 is 5.54 Å². The van der Waals surface area contributed by atoms with E-state index in [-0.39, 0.29) is 12.5 Å². The molecule has 0 radical (unpaired) electrons. The molecule has 0 aliphatic heterocycles. The molecule has 1 aromatic carbocycles. The Hall–Kier alpha value is -1.26. The quantitative estimate of drug-likeness (QED) is 0.810. The number of nitrogens with zero attached hydrogens (tertiary/aromatic N) is 1. The van der Waals surface area contributed by atoms with E-state index in [0.717, 1.165) is 0 Å². The zero-order valence-electron chi connectivity index (χ0n) is 10.2. The van der Waals surface area contributed by atoms with Crippen LogP contribution in [-0.2, 0) is 0 Å². The second-order valence-corrected chi connectivity index (χ2v) is 5.00. The lowest BCUT2D eigenvalue weighted by atomic mass is 10.0. The summed E-state index contributed by atoms with van der Waals surface area (Å²) in [5.74, 6) is -0.260. The van der Waals surface area contributed by atoms with Gasteiger partial charge in [-0.15, -0.1) is 0 Å². The van der Waals surface area contributed by atoms with Crippen LogP contribution in [0.5, 0.6) is 0 Å². The molecule has 0 spiro atoms. The minimum atomic E-state index is -0.647. The highest BCUT2D eigenvalue weighted by atomic mass is 35.5. The Morgan fingerprint density at radius 3 is 2.65 bits per heavy atom.